The molecule has 5 nitrogen and oxygen atoms in total. The number of carbonyl (C=O) groups is 1. The summed E-state index contributed by atoms with van der Waals surface area (Å²) in [5, 5.41) is 10.7. The SMILES string of the molecule is Cc1ccc([N+](=O)[O-])c(C(C)OC=O)c1. The number of aryl methyl sites for hydroxylation is 1. The molecule has 0 aromatic heterocycles. The second-order valence-corrected chi connectivity index (χ2v) is 3.19. The lowest BCUT2D eigenvalue weighted by Crippen LogP contribution is -2.03. The Labute approximate surface area is 86.8 Å². The summed E-state index contributed by atoms with van der Waals surface area (Å²) >= 11 is 0. The fourth-order valence-corrected chi connectivity index (χ4v) is 1.32. The van der Waals surface area contributed by atoms with E-state index in [2.05, 4.69) is 4.74 Å². The second kappa shape index (κ2) is 4.54. The molecular formula is C10H11NO4. The first kappa shape index (κ1) is 11.2. The lowest BCUT2D eigenvalue weighted by atomic mass is 10.1. The minimum atomic E-state index is -0.609. The summed E-state index contributed by atoms with van der Waals surface area (Å²) in [5.41, 5.74) is 1.26. The number of carbonyl (C=O) groups excluding carboxylic acids is 1. The Balaban J connectivity index is 3.17. The van der Waals surface area contributed by atoms with Crippen LogP contribution in [0.15, 0.2) is 18.2 Å². The van der Waals surface area contributed by atoms with Gasteiger partial charge in [-0.3, -0.25) is 14.9 Å². The van der Waals surface area contributed by atoms with Crippen molar-refractivity contribution in [3.8, 4) is 0 Å². The van der Waals surface area contributed by atoms with Crippen LogP contribution in [0.1, 0.15) is 24.2 Å². The molecule has 1 unspecified atom stereocenters. The molecule has 1 atom stereocenters. The standard InChI is InChI=1S/C10H11NO4/c1-7-3-4-10(11(13)14)9(5-7)8(2)15-6-12/h3-6,8H,1-2H3. The van der Waals surface area contributed by atoms with Gasteiger partial charge in [-0.05, 0) is 19.9 Å². The zero-order valence-corrected chi connectivity index (χ0v) is 8.47. The van der Waals surface area contributed by atoms with Gasteiger partial charge in [-0.1, -0.05) is 11.6 Å². The van der Waals surface area contributed by atoms with Gasteiger partial charge >= 0.3 is 0 Å². The molecule has 0 aliphatic rings. The molecule has 1 aromatic carbocycles. The maximum Gasteiger partial charge on any atom is 0.293 e. The van der Waals surface area contributed by atoms with Crippen molar-refractivity contribution in [3.63, 3.8) is 0 Å². The number of nitro benzene ring substituents is 1. The van der Waals surface area contributed by atoms with Gasteiger partial charge in [0.25, 0.3) is 12.2 Å². The third-order valence-corrected chi connectivity index (χ3v) is 2.08. The molecule has 0 aliphatic carbocycles. The van der Waals surface area contributed by atoms with Gasteiger partial charge in [-0.25, -0.2) is 0 Å². The Morgan fingerprint density at radius 3 is 2.73 bits per heavy atom. The quantitative estimate of drug-likeness (QED) is 0.432. The van der Waals surface area contributed by atoms with E-state index in [-0.39, 0.29) is 12.2 Å². The van der Waals surface area contributed by atoms with Crippen molar-refractivity contribution < 1.29 is 14.5 Å². The predicted octanol–water partition coefficient (Wildman–Crippen LogP) is 2.14. The second-order valence-electron chi connectivity index (χ2n) is 3.19. The molecule has 15 heavy (non-hydrogen) atoms. The molecule has 1 rings (SSSR count). The first-order valence-electron chi connectivity index (χ1n) is 4.40. The molecule has 0 saturated carbocycles. The monoisotopic (exact) mass is 209 g/mol. The molecule has 0 radical (unpaired) electrons. The van der Waals surface area contributed by atoms with Crippen LogP contribution in [0.2, 0.25) is 0 Å². The molecule has 5 heteroatoms. The number of ether oxygens (including phenoxy) is 1. The highest BCUT2D eigenvalue weighted by molar-refractivity contribution is 5.46. The summed E-state index contributed by atoms with van der Waals surface area (Å²) in [7, 11) is 0. The van der Waals surface area contributed by atoms with Crippen molar-refractivity contribution in [2.75, 3.05) is 0 Å². The van der Waals surface area contributed by atoms with Crippen LogP contribution in [0, 0.1) is 17.0 Å². The van der Waals surface area contributed by atoms with Crippen molar-refractivity contribution in [1.29, 1.82) is 0 Å². The normalized spacial score (nSPS) is 11.9. The molecule has 0 fully saturated rings. The molecule has 0 N–H and O–H groups in total. The number of hydrogen-bond acceptors (Lipinski definition) is 4. The van der Waals surface area contributed by atoms with E-state index in [4.69, 9.17) is 0 Å². The molecule has 80 valence electrons. The molecule has 1 aromatic rings. The summed E-state index contributed by atoms with van der Waals surface area (Å²) in [4.78, 5) is 20.4. The van der Waals surface area contributed by atoms with Gasteiger partial charge in [-0.15, -0.1) is 0 Å². The van der Waals surface area contributed by atoms with Crippen LogP contribution < -0.4 is 0 Å². The number of hydrogen-bond donors (Lipinski definition) is 0. The molecule has 0 saturated heterocycles. The number of rotatable bonds is 4. The number of nitrogens with zero attached hydrogens (tertiary/aromatic N) is 1. The zero-order valence-electron chi connectivity index (χ0n) is 8.47. The van der Waals surface area contributed by atoms with Crippen molar-refractivity contribution >= 4 is 12.2 Å². The van der Waals surface area contributed by atoms with Crippen molar-refractivity contribution in [2.45, 2.75) is 20.0 Å². The smallest absolute Gasteiger partial charge is 0.293 e. The summed E-state index contributed by atoms with van der Waals surface area (Å²) in [6, 6.07) is 4.71. The third-order valence-electron chi connectivity index (χ3n) is 2.08. The van der Waals surface area contributed by atoms with Gasteiger partial charge in [0.15, 0.2) is 0 Å². The lowest BCUT2D eigenvalue weighted by Gasteiger charge is -2.10. The van der Waals surface area contributed by atoms with Gasteiger partial charge in [0.2, 0.25) is 0 Å². The summed E-state index contributed by atoms with van der Waals surface area (Å²) in [6.07, 6.45) is -0.609. The minimum absolute atomic E-state index is 0.0325. The van der Waals surface area contributed by atoms with Crippen molar-refractivity contribution in [1.82, 2.24) is 0 Å². The largest absolute Gasteiger partial charge is 0.460 e. The van der Waals surface area contributed by atoms with Crippen LogP contribution in [-0.2, 0) is 9.53 Å². The topological polar surface area (TPSA) is 69.4 Å². The van der Waals surface area contributed by atoms with Crippen LogP contribution >= 0.6 is 0 Å². The Kier molecular flexibility index (Phi) is 3.38. The molecular weight excluding hydrogens is 198 g/mol. The van der Waals surface area contributed by atoms with Gasteiger partial charge in [0, 0.05) is 6.07 Å². The highest BCUT2D eigenvalue weighted by Gasteiger charge is 2.19. The summed E-state index contributed by atoms with van der Waals surface area (Å²) in [6.45, 7) is 3.70. The van der Waals surface area contributed by atoms with Crippen LogP contribution in [0.4, 0.5) is 5.69 Å². The van der Waals surface area contributed by atoms with Crippen LogP contribution in [0.3, 0.4) is 0 Å². The highest BCUT2D eigenvalue weighted by atomic mass is 16.6. The maximum absolute atomic E-state index is 10.7. The van der Waals surface area contributed by atoms with E-state index >= 15 is 0 Å². The fourth-order valence-electron chi connectivity index (χ4n) is 1.32. The van der Waals surface area contributed by atoms with E-state index in [9.17, 15) is 14.9 Å². The minimum Gasteiger partial charge on any atom is -0.460 e. The van der Waals surface area contributed by atoms with Crippen LogP contribution in [0.5, 0.6) is 0 Å². The van der Waals surface area contributed by atoms with Crippen molar-refractivity contribution in [2.24, 2.45) is 0 Å². The Morgan fingerprint density at radius 1 is 1.53 bits per heavy atom. The van der Waals surface area contributed by atoms with E-state index < -0.39 is 11.0 Å². The van der Waals surface area contributed by atoms with E-state index in [1.165, 1.54) is 6.07 Å². The first-order valence-corrected chi connectivity index (χ1v) is 4.40. The Bertz CT molecular complexity index is 389. The van der Waals surface area contributed by atoms with E-state index in [0.29, 0.717) is 5.56 Å². The summed E-state index contributed by atoms with van der Waals surface area (Å²) < 4.78 is 4.69. The van der Waals surface area contributed by atoms with Gasteiger partial charge in [-0.2, -0.15) is 0 Å². The van der Waals surface area contributed by atoms with E-state index in [1.54, 1.807) is 19.1 Å². The fraction of sp³-hybridized carbons (Fsp3) is 0.300. The summed E-state index contributed by atoms with van der Waals surface area (Å²) in [5.74, 6) is 0. The van der Waals surface area contributed by atoms with E-state index in [0.717, 1.165) is 5.56 Å². The number of benzene rings is 1. The van der Waals surface area contributed by atoms with Gasteiger partial charge in [0.05, 0.1) is 10.5 Å². The Hall–Kier alpha value is -1.91. The van der Waals surface area contributed by atoms with Crippen LogP contribution in [-0.4, -0.2) is 11.4 Å². The maximum atomic E-state index is 10.7. The average molecular weight is 209 g/mol. The highest BCUT2D eigenvalue weighted by Crippen LogP contribution is 2.27. The molecule has 0 heterocycles. The first-order chi connectivity index (χ1) is 7.06. The Morgan fingerprint density at radius 2 is 2.20 bits per heavy atom. The number of nitro groups is 1. The predicted molar refractivity (Wildman–Crippen MR) is 53.4 cm³/mol. The molecule has 0 bridgehead atoms. The average Bonchev–Trinajstić information content (AvgIpc) is 2.17. The molecule has 0 spiro atoms. The zero-order chi connectivity index (χ0) is 11.4. The van der Waals surface area contributed by atoms with Gasteiger partial charge in [0.1, 0.15) is 6.10 Å². The third kappa shape index (κ3) is 2.52. The van der Waals surface area contributed by atoms with Gasteiger partial charge < -0.3 is 4.74 Å². The molecule has 0 aliphatic heterocycles. The lowest BCUT2D eigenvalue weighted by molar-refractivity contribution is -0.386. The molecule has 0 amide bonds. The van der Waals surface area contributed by atoms with Crippen molar-refractivity contribution in [3.05, 3.63) is 39.4 Å². The van der Waals surface area contributed by atoms with E-state index in [1.807, 2.05) is 6.92 Å². The van der Waals surface area contributed by atoms with Crippen LogP contribution in [0.25, 0.3) is 0 Å².